The van der Waals surface area contributed by atoms with Crippen LogP contribution in [0.5, 0.6) is 0 Å². The highest BCUT2D eigenvalue weighted by Crippen LogP contribution is 2.13. The molecule has 1 amide bonds. The van der Waals surface area contributed by atoms with Crippen LogP contribution in [0.2, 0.25) is 0 Å². The van der Waals surface area contributed by atoms with Crippen LogP contribution in [0.4, 0.5) is 0 Å². The number of hydrazine groups is 1. The van der Waals surface area contributed by atoms with Gasteiger partial charge in [0.1, 0.15) is 9.84 Å². The van der Waals surface area contributed by atoms with Crippen molar-refractivity contribution in [1.29, 1.82) is 0 Å². The standard InChI is InChI=1S/C12H18N2O3S2/c1-19(16,17)7-6-18-9-11-4-2-10(3-5-11)8-12(15)14-13/h2-5H,6-9,13H2,1H3,(H,14,15). The fraction of sp³-hybridized carbons (Fsp3) is 0.417. The fourth-order valence-corrected chi connectivity index (χ4v) is 3.64. The molecule has 19 heavy (non-hydrogen) atoms. The summed E-state index contributed by atoms with van der Waals surface area (Å²) in [5, 5.41) is 0. The lowest BCUT2D eigenvalue weighted by Gasteiger charge is -2.04. The first-order valence-electron chi connectivity index (χ1n) is 5.73. The van der Waals surface area contributed by atoms with Crippen molar-refractivity contribution < 1.29 is 13.2 Å². The van der Waals surface area contributed by atoms with Crippen LogP contribution < -0.4 is 11.3 Å². The van der Waals surface area contributed by atoms with Crippen LogP contribution in [0.25, 0.3) is 0 Å². The first-order valence-corrected chi connectivity index (χ1v) is 8.95. The quantitative estimate of drug-likeness (QED) is 0.331. The minimum Gasteiger partial charge on any atom is -0.294 e. The normalized spacial score (nSPS) is 11.3. The van der Waals surface area contributed by atoms with Crippen molar-refractivity contribution in [3.63, 3.8) is 0 Å². The molecule has 3 N–H and O–H groups in total. The van der Waals surface area contributed by atoms with E-state index < -0.39 is 9.84 Å². The minimum absolute atomic E-state index is 0.201. The van der Waals surface area contributed by atoms with Crippen LogP contribution in [0.1, 0.15) is 11.1 Å². The van der Waals surface area contributed by atoms with Crippen LogP contribution in [0, 0.1) is 0 Å². The van der Waals surface area contributed by atoms with E-state index in [1.165, 1.54) is 6.26 Å². The molecule has 0 heterocycles. The number of rotatable bonds is 7. The monoisotopic (exact) mass is 302 g/mol. The van der Waals surface area contributed by atoms with Gasteiger partial charge in [0.25, 0.3) is 0 Å². The molecule has 0 aliphatic carbocycles. The number of hydrogen-bond donors (Lipinski definition) is 2. The van der Waals surface area contributed by atoms with Crippen molar-refractivity contribution in [2.45, 2.75) is 12.2 Å². The molecule has 0 saturated carbocycles. The Morgan fingerprint density at radius 1 is 1.26 bits per heavy atom. The lowest BCUT2D eigenvalue weighted by molar-refractivity contribution is -0.120. The molecule has 1 aromatic rings. The van der Waals surface area contributed by atoms with Gasteiger partial charge in [-0.3, -0.25) is 10.2 Å². The van der Waals surface area contributed by atoms with Gasteiger partial charge in [0.2, 0.25) is 5.91 Å². The topological polar surface area (TPSA) is 89.3 Å². The Hall–Kier alpha value is -1.05. The van der Waals surface area contributed by atoms with Crippen LogP contribution in [0.3, 0.4) is 0 Å². The molecule has 1 rings (SSSR count). The van der Waals surface area contributed by atoms with Crippen molar-refractivity contribution in [2.75, 3.05) is 17.8 Å². The van der Waals surface area contributed by atoms with E-state index in [0.717, 1.165) is 16.9 Å². The lowest BCUT2D eigenvalue weighted by atomic mass is 10.1. The molecular weight excluding hydrogens is 284 g/mol. The van der Waals surface area contributed by atoms with Crippen molar-refractivity contribution in [2.24, 2.45) is 5.84 Å². The summed E-state index contributed by atoms with van der Waals surface area (Å²) in [6.45, 7) is 0. The summed E-state index contributed by atoms with van der Waals surface area (Å²) in [7, 11) is -2.88. The summed E-state index contributed by atoms with van der Waals surface area (Å²) >= 11 is 1.58. The van der Waals surface area contributed by atoms with E-state index in [9.17, 15) is 13.2 Å². The molecule has 0 radical (unpaired) electrons. The highest BCUT2D eigenvalue weighted by molar-refractivity contribution is 7.99. The molecule has 106 valence electrons. The number of sulfone groups is 1. The molecule has 0 bridgehead atoms. The fourth-order valence-electron chi connectivity index (χ4n) is 1.39. The number of carbonyl (C=O) groups excluding carboxylic acids is 1. The second-order valence-corrected chi connectivity index (χ2v) is 7.61. The molecule has 0 unspecified atom stereocenters. The van der Waals surface area contributed by atoms with E-state index in [1.54, 1.807) is 11.8 Å². The molecule has 0 fully saturated rings. The highest BCUT2D eigenvalue weighted by Gasteiger charge is 2.03. The Bertz CT molecular complexity index is 512. The second-order valence-electron chi connectivity index (χ2n) is 4.24. The Morgan fingerprint density at radius 2 is 1.84 bits per heavy atom. The SMILES string of the molecule is CS(=O)(=O)CCSCc1ccc(CC(=O)NN)cc1. The maximum absolute atomic E-state index is 11.1. The molecule has 0 saturated heterocycles. The summed E-state index contributed by atoms with van der Waals surface area (Å²) in [5.74, 6) is 6.34. The number of hydrogen-bond acceptors (Lipinski definition) is 5. The zero-order valence-electron chi connectivity index (χ0n) is 10.8. The maximum atomic E-state index is 11.1. The van der Waals surface area contributed by atoms with E-state index >= 15 is 0 Å². The summed E-state index contributed by atoms with van der Waals surface area (Å²) in [4.78, 5) is 11.1. The maximum Gasteiger partial charge on any atom is 0.238 e. The van der Waals surface area contributed by atoms with Crippen LogP contribution >= 0.6 is 11.8 Å². The van der Waals surface area contributed by atoms with E-state index in [4.69, 9.17) is 5.84 Å². The predicted octanol–water partition coefficient (Wildman–Crippen LogP) is 0.497. The highest BCUT2D eigenvalue weighted by atomic mass is 32.2. The van der Waals surface area contributed by atoms with Crippen molar-refractivity contribution in [3.8, 4) is 0 Å². The summed E-state index contributed by atoms with van der Waals surface area (Å²) in [5.41, 5.74) is 4.09. The Morgan fingerprint density at radius 3 is 2.37 bits per heavy atom. The predicted molar refractivity (Wildman–Crippen MR) is 78.3 cm³/mol. The Kier molecular flexibility index (Phi) is 6.33. The zero-order chi connectivity index (χ0) is 14.3. The molecule has 0 aliphatic rings. The summed E-state index contributed by atoms with van der Waals surface area (Å²) < 4.78 is 21.9. The average Bonchev–Trinajstić information content (AvgIpc) is 2.35. The summed E-state index contributed by atoms with van der Waals surface area (Å²) in [6.07, 6.45) is 1.50. The van der Waals surface area contributed by atoms with E-state index in [0.29, 0.717) is 5.75 Å². The van der Waals surface area contributed by atoms with Gasteiger partial charge >= 0.3 is 0 Å². The third kappa shape index (κ3) is 7.19. The van der Waals surface area contributed by atoms with Gasteiger partial charge in [-0.1, -0.05) is 24.3 Å². The molecule has 0 aliphatic heterocycles. The Balaban J connectivity index is 2.38. The van der Waals surface area contributed by atoms with Crippen LogP contribution in [0.15, 0.2) is 24.3 Å². The average molecular weight is 302 g/mol. The third-order valence-corrected chi connectivity index (χ3v) is 4.65. The molecule has 0 spiro atoms. The molecular formula is C12H18N2O3S2. The van der Waals surface area contributed by atoms with Crippen molar-refractivity contribution >= 4 is 27.5 Å². The van der Waals surface area contributed by atoms with Gasteiger partial charge < -0.3 is 0 Å². The number of amides is 1. The molecule has 1 aromatic carbocycles. The van der Waals surface area contributed by atoms with Gasteiger partial charge in [0.15, 0.2) is 0 Å². The van der Waals surface area contributed by atoms with Gasteiger partial charge in [-0.05, 0) is 11.1 Å². The number of benzene rings is 1. The van der Waals surface area contributed by atoms with Crippen LogP contribution in [-0.4, -0.2) is 32.1 Å². The first-order chi connectivity index (χ1) is 8.90. The number of carbonyl (C=O) groups is 1. The van der Waals surface area contributed by atoms with Crippen molar-refractivity contribution in [3.05, 3.63) is 35.4 Å². The van der Waals surface area contributed by atoms with Gasteiger partial charge in [-0.15, -0.1) is 0 Å². The molecule has 0 aromatic heterocycles. The summed E-state index contributed by atoms with van der Waals surface area (Å²) in [6, 6.07) is 7.63. The lowest BCUT2D eigenvalue weighted by Crippen LogP contribution is -2.31. The van der Waals surface area contributed by atoms with Gasteiger partial charge in [0, 0.05) is 17.8 Å². The second kappa shape index (κ2) is 7.52. The van der Waals surface area contributed by atoms with Crippen LogP contribution in [-0.2, 0) is 26.8 Å². The molecule has 0 atom stereocenters. The zero-order valence-corrected chi connectivity index (χ0v) is 12.4. The van der Waals surface area contributed by atoms with E-state index in [1.807, 2.05) is 24.3 Å². The van der Waals surface area contributed by atoms with Crippen molar-refractivity contribution in [1.82, 2.24) is 5.43 Å². The van der Waals surface area contributed by atoms with E-state index in [2.05, 4.69) is 5.43 Å². The van der Waals surface area contributed by atoms with Gasteiger partial charge in [-0.25, -0.2) is 14.3 Å². The number of nitrogens with two attached hydrogens (primary N) is 1. The largest absolute Gasteiger partial charge is 0.294 e. The number of nitrogens with one attached hydrogen (secondary N) is 1. The molecule has 7 heteroatoms. The first kappa shape index (κ1) is 16.0. The number of thioether (sulfide) groups is 1. The molecule has 5 nitrogen and oxygen atoms in total. The Labute approximate surface area is 117 Å². The van der Waals surface area contributed by atoms with E-state index in [-0.39, 0.29) is 18.1 Å². The third-order valence-electron chi connectivity index (χ3n) is 2.42. The minimum atomic E-state index is -2.88. The smallest absolute Gasteiger partial charge is 0.238 e. The van der Waals surface area contributed by atoms with Gasteiger partial charge in [-0.2, -0.15) is 11.8 Å². The van der Waals surface area contributed by atoms with Gasteiger partial charge in [0.05, 0.1) is 12.2 Å².